The van der Waals surface area contributed by atoms with Crippen LogP contribution in [0.4, 0.5) is 10.1 Å². The lowest BCUT2D eigenvalue weighted by Gasteiger charge is -2.11. The summed E-state index contributed by atoms with van der Waals surface area (Å²) in [6.45, 7) is 1.83. The molecule has 22 heavy (non-hydrogen) atoms. The molecule has 0 aliphatic carbocycles. The molecule has 0 heterocycles. The van der Waals surface area contributed by atoms with Gasteiger partial charge in [0.25, 0.3) is 15.9 Å². The monoisotopic (exact) mass is 386 g/mol. The molecule has 116 valence electrons. The SMILES string of the molecule is Cc1ccc(S(=O)(=O)Nc2ccc(F)c(C(N)=O)c2)c(Br)c1. The van der Waals surface area contributed by atoms with Crippen molar-refractivity contribution in [2.75, 3.05) is 4.72 Å². The summed E-state index contributed by atoms with van der Waals surface area (Å²) in [5.74, 6) is -1.79. The van der Waals surface area contributed by atoms with Crippen molar-refractivity contribution in [2.24, 2.45) is 5.73 Å². The van der Waals surface area contributed by atoms with Crippen LogP contribution in [-0.4, -0.2) is 14.3 Å². The first kappa shape index (κ1) is 16.4. The largest absolute Gasteiger partial charge is 0.366 e. The van der Waals surface area contributed by atoms with E-state index < -0.39 is 21.7 Å². The van der Waals surface area contributed by atoms with E-state index in [-0.39, 0.29) is 16.1 Å². The van der Waals surface area contributed by atoms with Gasteiger partial charge in [0.05, 0.1) is 5.56 Å². The highest BCUT2D eigenvalue weighted by Crippen LogP contribution is 2.25. The molecule has 0 aliphatic heterocycles. The number of amides is 1. The van der Waals surface area contributed by atoms with Crippen molar-refractivity contribution in [3.63, 3.8) is 0 Å². The summed E-state index contributed by atoms with van der Waals surface area (Å²) in [5.41, 5.74) is 5.59. The van der Waals surface area contributed by atoms with E-state index >= 15 is 0 Å². The van der Waals surface area contributed by atoms with Crippen LogP contribution in [0.1, 0.15) is 15.9 Å². The van der Waals surface area contributed by atoms with E-state index in [1.807, 2.05) is 6.92 Å². The second-order valence-corrected chi connectivity index (χ2v) is 7.10. The van der Waals surface area contributed by atoms with Gasteiger partial charge in [0.15, 0.2) is 0 Å². The summed E-state index contributed by atoms with van der Waals surface area (Å²) >= 11 is 3.19. The minimum Gasteiger partial charge on any atom is -0.366 e. The Morgan fingerprint density at radius 3 is 2.50 bits per heavy atom. The van der Waals surface area contributed by atoms with Gasteiger partial charge in [-0.1, -0.05) is 6.07 Å². The first-order chi connectivity index (χ1) is 10.2. The number of carbonyl (C=O) groups excluding carboxylic acids is 1. The molecule has 0 atom stereocenters. The maximum Gasteiger partial charge on any atom is 0.263 e. The molecule has 5 nitrogen and oxygen atoms in total. The van der Waals surface area contributed by atoms with Gasteiger partial charge in [-0.25, -0.2) is 12.8 Å². The van der Waals surface area contributed by atoms with Crippen LogP contribution in [0, 0.1) is 12.7 Å². The molecule has 0 saturated carbocycles. The first-order valence-corrected chi connectivity index (χ1v) is 8.36. The first-order valence-electron chi connectivity index (χ1n) is 6.09. The van der Waals surface area contributed by atoms with E-state index in [1.165, 1.54) is 12.1 Å². The van der Waals surface area contributed by atoms with Crippen molar-refractivity contribution >= 4 is 37.5 Å². The average molecular weight is 387 g/mol. The maximum absolute atomic E-state index is 13.4. The Morgan fingerprint density at radius 2 is 1.91 bits per heavy atom. The highest BCUT2D eigenvalue weighted by Gasteiger charge is 2.19. The van der Waals surface area contributed by atoms with E-state index in [4.69, 9.17) is 5.73 Å². The smallest absolute Gasteiger partial charge is 0.263 e. The summed E-state index contributed by atoms with van der Waals surface area (Å²) in [4.78, 5) is 11.1. The second-order valence-electron chi connectivity index (χ2n) is 4.60. The van der Waals surface area contributed by atoms with Crippen molar-refractivity contribution in [1.29, 1.82) is 0 Å². The molecular formula is C14H12BrFN2O3S. The number of aryl methyl sites for hydroxylation is 1. The van der Waals surface area contributed by atoms with Gasteiger partial charge in [0.1, 0.15) is 10.7 Å². The van der Waals surface area contributed by atoms with E-state index in [0.29, 0.717) is 4.47 Å². The van der Waals surface area contributed by atoms with Crippen LogP contribution < -0.4 is 10.5 Å². The molecule has 0 unspecified atom stereocenters. The number of benzene rings is 2. The molecular weight excluding hydrogens is 375 g/mol. The Bertz CT molecular complexity index is 853. The van der Waals surface area contributed by atoms with E-state index in [1.54, 1.807) is 12.1 Å². The zero-order chi connectivity index (χ0) is 16.5. The molecule has 0 fully saturated rings. The fourth-order valence-corrected chi connectivity index (χ4v) is 4.05. The molecule has 2 rings (SSSR count). The molecule has 0 aromatic heterocycles. The van der Waals surface area contributed by atoms with Crippen LogP contribution >= 0.6 is 15.9 Å². The average Bonchev–Trinajstić information content (AvgIpc) is 2.39. The number of nitrogens with two attached hydrogens (primary N) is 1. The van der Waals surface area contributed by atoms with Gasteiger partial charge >= 0.3 is 0 Å². The normalized spacial score (nSPS) is 11.2. The number of sulfonamides is 1. The molecule has 0 bridgehead atoms. The number of hydrogen-bond donors (Lipinski definition) is 2. The Balaban J connectivity index is 2.41. The predicted octanol–water partition coefficient (Wildman–Crippen LogP) is 2.80. The molecule has 0 radical (unpaired) electrons. The summed E-state index contributed by atoms with van der Waals surface area (Å²) in [7, 11) is -3.89. The van der Waals surface area contributed by atoms with Crippen LogP contribution in [0.2, 0.25) is 0 Å². The second kappa shape index (κ2) is 6.05. The molecule has 2 aromatic carbocycles. The molecule has 2 aromatic rings. The van der Waals surface area contributed by atoms with E-state index in [2.05, 4.69) is 20.7 Å². The van der Waals surface area contributed by atoms with Crippen LogP contribution in [-0.2, 0) is 10.0 Å². The Labute approximate surface area is 135 Å². The molecule has 0 saturated heterocycles. The summed E-state index contributed by atoms with van der Waals surface area (Å²) in [5, 5.41) is 0. The number of anilines is 1. The summed E-state index contributed by atoms with van der Waals surface area (Å²) in [6, 6.07) is 7.99. The Hall–Kier alpha value is -1.93. The maximum atomic E-state index is 13.4. The van der Waals surface area contributed by atoms with Gasteiger partial charge in [-0.05, 0) is 58.7 Å². The van der Waals surface area contributed by atoms with Crippen LogP contribution in [0.5, 0.6) is 0 Å². The zero-order valence-corrected chi connectivity index (χ0v) is 13.8. The van der Waals surface area contributed by atoms with Gasteiger partial charge in [-0.3, -0.25) is 9.52 Å². The Kier molecular flexibility index (Phi) is 4.52. The fraction of sp³-hybridized carbons (Fsp3) is 0.0714. The predicted molar refractivity (Wildman–Crippen MR) is 84.6 cm³/mol. The van der Waals surface area contributed by atoms with Crippen molar-refractivity contribution < 1.29 is 17.6 Å². The van der Waals surface area contributed by atoms with E-state index in [0.717, 1.165) is 17.7 Å². The third-order valence-corrected chi connectivity index (χ3v) is 5.22. The number of rotatable bonds is 4. The van der Waals surface area contributed by atoms with Gasteiger partial charge in [0.2, 0.25) is 0 Å². The standard InChI is InChI=1S/C14H12BrFN2O3S/c1-8-2-5-13(11(15)6-8)22(20,21)18-9-3-4-12(16)10(7-9)14(17)19/h2-7,18H,1H3,(H2,17,19). The van der Waals surface area contributed by atoms with Gasteiger partial charge in [-0.15, -0.1) is 0 Å². The third-order valence-electron chi connectivity index (χ3n) is 2.86. The van der Waals surface area contributed by atoms with Crippen LogP contribution in [0.3, 0.4) is 0 Å². The molecule has 8 heteroatoms. The fourth-order valence-electron chi connectivity index (χ4n) is 1.81. The molecule has 3 N–H and O–H groups in total. The lowest BCUT2D eigenvalue weighted by Crippen LogP contribution is -2.16. The van der Waals surface area contributed by atoms with Gasteiger partial charge < -0.3 is 5.73 Å². The number of nitrogens with one attached hydrogen (secondary N) is 1. The number of hydrogen-bond acceptors (Lipinski definition) is 3. The lowest BCUT2D eigenvalue weighted by molar-refractivity contribution is 0.0996. The summed E-state index contributed by atoms with van der Waals surface area (Å²) in [6.07, 6.45) is 0. The van der Waals surface area contributed by atoms with E-state index in [9.17, 15) is 17.6 Å². The van der Waals surface area contributed by atoms with Crippen molar-refractivity contribution in [3.05, 3.63) is 57.8 Å². The zero-order valence-electron chi connectivity index (χ0n) is 11.4. The van der Waals surface area contributed by atoms with Crippen LogP contribution in [0.15, 0.2) is 45.8 Å². The number of carbonyl (C=O) groups is 1. The molecule has 0 spiro atoms. The highest BCUT2D eigenvalue weighted by atomic mass is 79.9. The topological polar surface area (TPSA) is 89.3 Å². The third kappa shape index (κ3) is 3.45. The van der Waals surface area contributed by atoms with Crippen LogP contribution in [0.25, 0.3) is 0 Å². The quantitative estimate of drug-likeness (QED) is 0.846. The number of primary amides is 1. The van der Waals surface area contributed by atoms with Gasteiger partial charge in [-0.2, -0.15) is 0 Å². The summed E-state index contributed by atoms with van der Waals surface area (Å²) < 4.78 is 40.8. The van der Waals surface area contributed by atoms with Crippen molar-refractivity contribution in [2.45, 2.75) is 11.8 Å². The van der Waals surface area contributed by atoms with Crippen molar-refractivity contribution in [3.8, 4) is 0 Å². The highest BCUT2D eigenvalue weighted by molar-refractivity contribution is 9.10. The number of halogens is 2. The minimum absolute atomic E-state index is 0.0306. The Morgan fingerprint density at radius 1 is 1.23 bits per heavy atom. The molecule has 0 aliphatic rings. The minimum atomic E-state index is -3.89. The van der Waals surface area contributed by atoms with Crippen molar-refractivity contribution in [1.82, 2.24) is 0 Å². The molecule has 1 amide bonds. The lowest BCUT2D eigenvalue weighted by atomic mass is 10.2. The van der Waals surface area contributed by atoms with Gasteiger partial charge in [0, 0.05) is 10.2 Å².